The zero-order valence-corrected chi connectivity index (χ0v) is 10.8. The van der Waals surface area contributed by atoms with Gasteiger partial charge in [0.25, 0.3) is 0 Å². The molecule has 18 heavy (non-hydrogen) atoms. The minimum Gasteiger partial charge on any atom is -0.491 e. The van der Waals surface area contributed by atoms with Crippen LogP contribution in [0, 0.1) is 0 Å². The maximum absolute atomic E-state index is 5.88. The number of fused-ring (bicyclic) bond motifs is 1. The summed E-state index contributed by atoms with van der Waals surface area (Å²) in [6, 6.07) is 14.5. The van der Waals surface area contributed by atoms with Gasteiger partial charge in [0.05, 0.1) is 12.6 Å². The predicted octanol–water partition coefficient (Wildman–Crippen LogP) is 2.45. The largest absolute Gasteiger partial charge is 0.491 e. The average molecular weight is 245 g/mol. The second-order valence-electron chi connectivity index (χ2n) is 4.23. The second-order valence-corrected chi connectivity index (χ2v) is 4.23. The lowest BCUT2D eigenvalue weighted by Crippen LogP contribution is -2.35. The van der Waals surface area contributed by atoms with Crippen molar-refractivity contribution in [1.29, 1.82) is 0 Å². The van der Waals surface area contributed by atoms with Gasteiger partial charge >= 0.3 is 0 Å². The van der Waals surface area contributed by atoms with Crippen molar-refractivity contribution >= 4 is 10.8 Å². The molecule has 0 saturated carbocycles. The number of hydrogen-bond donors (Lipinski definition) is 1. The summed E-state index contributed by atoms with van der Waals surface area (Å²) >= 11 is 0. The van der Waals surface area contributed by atoms with E-state index in [2.05, 4.69) is 23.5 Å². The van der Waals surface area contributed by atoms with E-state index >= 15 is 0 Å². The molecule has 2 aromatic rings. The van der Waals surface area contributed by atoms with E-state index in [-0.39, 0.29) is 6.04 Å². The lowest BCUT2D eigenvalue weighted by atomic mass is 10.1. The Morgan fingerprint density at radius 3 is 2.61 bits per heavy atom. The first-order valence-electron chi connectivity index (χ1n) is 6.12. The van der Waals surface area contributed by atoms with Crippen LogP contribution < -0.4 is 10.1 Å². The van der Waals surface area contributed by atoms with Gasteiger partial charge in [0, 0.05) is 12.5 Å². The minimum absolute atomic E-state index is 0.203. The van der Waals surface area contributed by atoms with Crippen LogP contribution in [0.1, 0.15) is 0 Å². The molecule has 96 valence electrons. The number of methoxy groups -OCH3 is 1. The second kappa shape index (κ2) is 6.38. The molecule has 1 unspecified atom stereocenters. The van der Waals surface area contributed by atoms with E-state index in [0.29, 0.717) is 13.2 Å². The van der Waals surface area contributed by atoms with E-state index in [1.807, 2.05) is 31.3 Å². The number of ether oxygens (including phenoxy) is 2. The van der Waals surface area contributed by atoms with Crippen molar-refractivity contribution in [1.82, 2.24) is 5.32 Å². The van der Waals surface area contributed by atoms with Gasteiger partial charge in [0.1, 0.15) is 12.4 Å². The molecule has 0 aliphatic carbocycles. The summed E-state index contributed by atoms with van der Waals surface area (Å²) in [5, 5.41) is 5.51. The highest BCUT2D eigenvalue weighted by Crippen LogP contribution is 2.25. The molecule has 0 heterocycles. The Bertz CT molecular complexity index is 493. The minimum atomic E-state index is 0.203. The molecule has 0 aromatic heterocycles. The Morgan fingerprint density at radius 1 is 1.06 bits per heavy atom. The van der Waals surface area contributed by atoms with Crippen LogP contribution in [0.2, 0.25) is 0 Å². The van der Waals surface area contributed by atoms with E-state index in [4.69, 9.17) is 9.47 Å². The fourth-order valence-electron chi connectivity index (χ4n) is 1.93. The zero-order valence-electron chi connectivity index (χ0n) is 10.8. The molecule has 3 nitrogen and oxygen atoms in total. The van der Waals surface area contributed by atoms with Crippen molar-refractivity contribution < 1.29 is 9.47 Å². The summed E-state index contributed by atoms with van der Waals surface area (Å²) in [6.45, 7) is 1.24. The standard InChI is InChI=1S/C15H19NO2/c1-16-13(10-17-2)11-18-15-9-5-7-12-6-3-4-8-14(12)15/h3-9,13,16H,10-11H2,1-2H3. The molecule has 1 N–H and O–H groups in total. The average Bonchev–Trinajstić information content (AvgIpc) is 2.43. The Hall–Kier alpha value is -1.58. The molecule has 3 heteroatoms. The highest BCUT2D eigenvalue weighted by molar-refractivity contribution is 5.88. The van der Waals surface area contributed by atoms with Gasteiger partial charge in [-0.15, -0.1) is 0 Å². The zero-order chi connectivity index (χ0) is 12.8. The van der Waals surface area contributed by atoms with Gasteiger partial charge in [-0.05, 0) is 18.5 Å². The number of nitrogens with one attached hydrogen (secondary N) is 1. The molecule has 1 atom stereocenters. The third-order valence-corrected chi connectivity index (χ3v) is 2.97. The van der Waals surface area contributed by atoms with Crippen LogP contribution >= 0.6 is 0 Å². The number of likely N-dealkylation sites (N-methyl/N-ethyl adjacent to an activating group) is 1. The van der Waals surface area contributed by atoms with E-state index in [1.54, 1.807) is 7.11 Å². The first-order valence-corrected chi connectivity index (χ1v) is 6.12. The fourth-order valence-corrected chi connectivity index (χ4v) is 1.93. The molecule has 0 saturated heterocycles. The highest BCUT2D eigenvalue weighted by atomic mass is 16.5. The highest BCUT2D eigenvalue weighted by Gasteiger charge is 2.07. The molecule has 0 bridgehead atoms. The van der Waals surface area contributed by atoms with Crippen LogP contribution in [-0.2, 0) is 4.74 Å². The van der Waals surface area contributed by atoms with E-state index < -0.39 is 0 Å². The molecule has 0 spiro atoms. The SMILES string of the molecule is CNC(COC)COc1cccc2ccccc12. The van der Waals surface area contributed by atoms with E-state index in [9.17, 15) is 0 Å². The monoisotopic (exact) mass is 245 g/mol. The summed E-state index contributed by atoms with van der Waals surface area (Å²) in [5.74, 6) is 0.921. The molecule has 0 aliphatic heterocycles. The Kier molecular flexibility index (Phi) is 4.56. The third kappa shape index (κ3) is 3.00. The fraction of sp³-hybridized carbons (Fsp3) is 0.333. The van der Waals surface area contributed by atoms with Crippen molar-refractivity contribution in [2.75, 3.05) is 27.4 Å². The summed E-state index contributed by atoms with van der Waals surface area (Å²) in [5.41, 5.74) is 0. The molecule has 2 aromatic carbocycles. The number of benzene rings is 2. The number of rotatable bonds is 6. The normalized spacial score (nSPS) is 12.6. The van der Waals surface area contributed by atoms with Crippen LogP contribution in [0.25, 0.3) is 10.8 Å². The van der Waals surface area contributed by atoms with Gasteiger partial charge in [-0.2, -0.15) is 0 Å². The van der Waals surface area contributed by atoms with Gasteiger partial charge in [0.2, 0.25) is 0 Å². The predicted molar refractivity (Wildman–Crippen MR) is 74.2 cm³/mol. The van der Waals surface area contributed by atoms with Crippen molar-refractivity contribution in [2.24, 2.45) is 0 Å². The Balaban J connectivity index is 2.11. The molecular weight excluding hydrogens is 226 g/mol. The summed E-state index contributed by atoms with van der Waals surface area (Å²) < 4.78 is 11.0. The lowest BCUT2D eigenvalue weighted by molar-refractivity contribution is 0.140. The molecule has 0 aliphatic rings. The van der Waals surface area contributed by atoms with E-state index in [0.717, 1.165) is 11.1 Å². The summed E-state index contributed by atoms with van der Waals surface area (Å²) in [7, 11) is 3.61. The van der Waals surface area contributed by atoms with Crippen LogP contribution in [0.3, 0.4) is 0 Å². The van der Waals surface area contributed by atoms with Gasteiger partial charge in [-0.1, -0.05) is 36.4 Å². The Labute approximate surface area is 108 Å². The molecule has 0 amide bonds. The topological polar surface area (TPSA) is 30.5 Å². The first-order chi connectivity index (χ1) is 8.85. The maximum atomic E-state index is 5.88. The Morgan fingerprint density at radius 2 is 1.83 bits per heavy atom. The van der Waals surface area contributed by atoms with Crippen molar-refractivity contribution in [3.05, 3.63) is 42.5 Å². The molecular formula is C15H19NO2. The third-order valence-electron chi connectivity index (χ3n) is 2.97. The van der Waals surface area contributed by atoms with Gasteiger partial charge < -0.3 is 14.8 Å². The smallest absolute Gasteiger partial charge is 0.127 e. The van der Waals surface area contributed by atoms with Crippen molar-refractivity contribution in [3.63, 3.8) is 0 Å². The maximum Gasteiger partial charge on any atom is 0.127 e. The van der Waals surface area contributed by atoms with Crippen LogP contribution in [0.4, 0.5) is 0 Å². The van der Waals surface area contributed by atoms with Crippen LogP contribution in [0.5, 0.6) is 5.75 Å². The number of hydrogen-bond acceptors (Lipinski definition) is 3. The summed E-state index contributed by atoms with van der Waals surface area (Å²) in [4.78, 5) is 0. The van der Waals surface area contributed by atoms with Gasteiger partial charge in [-0.3, -0.25) is 0 Å². The first kappa shape index (κ1) is 12.9. The quantitative estimate of drug-likeness (QED) is 0.848. The molecule has 0 fully saturated rings. The van der Waals surface area contributed by atoms with Gasteiger partial charge in [-0.25, -0.2) is 0 Å². The van der Waals surface area contributed by atoms with Crippen molar-refractivity contribution in [2.45, 2.75) is 6.04 Å². The van der Waals surface area contributed by atoms with Crippen molar-refractivity contribution in [3.8, 4) is 5.75 Å². The molecule has 0 radical (unpaired) electrons. The van der Waals surface area contributed by atoms with Crippen LogP contribution in [0.15, 0.2) is 42.5 Å². The molecule has 2 rings (SSSR count). The van der Waals surface area contributed by atoms with E-state index in [1.165, 1.54) is 5.39 Å². The van der Waals surface area contributed by atoms with Gasteiger partial charge in [0.15, 0.2) is 0 Å². The lowest BCUT2D eigenvalue weighted by Gasteiger charge is -2.17. The summed E-state index contributed by atoms with van der Waals surface area (Å²) in [6.07, 6.45) is 0. The van der Waals surface area contributed by atoms with Crippen LogP contribution in [-0.4, -0.2) is 33.4 Å².